The van der Waals surface area contributed by atoms with E-state index >= 15 is 0 Å². The number of ether oxygens (including phenoxy) is 2. The predicted octanol–water partition coefficient (Wildman–Crippen LogP) is 3.65. The van der Waals surface area contributed by atoms with E-state index < -0.39 is 0 Å². The molecule has 6 heteroatoms. The molecule has 0 bridgehead atoms. The number of benzene rings is 2. The molecule has 3 aromatic rings. The summed E-state index contributed by atoms with van der Waals surface area (Å²) in [6.07, 6.45) is 0. The third-order valence-corrected chi connectivity index (χ3v) is 3.77. The lowest BCUT2D eigenvalue weighted by Crippen LogP contribution is -2.06. The van der Waals surface area contributed by atoms with Crippen LogP contribution in [0.5, 0.6) is 11.5 Å². The van der Waals surface area contributed by atoms with Gasteiger partial charge in [0.2, 0.25) is 0 Å². The first kappa shape index (κ1) is 15.8. The molecule has 0 saturated heterocycles. The standard InChI is InChI=1S/C18H16FN3O2/c1-3-22-14-6-4-5-13(19)18(14)21-17(22)11-24-15-8-7-12(10-20)9-16(15)23-2/h4-9H,3,11H2,1-2H3. The maximum Gasteiger partial charge on any atom is 0.162 e. The number of hydrogen-bond donors (Lipinski definition) is 0. The average molecular weight is 325 g/mol. The summed E-state index contributed by atoms with van der Waals surface area (Å²) in [5.74, 6) is 1.26. The number of nitriles is 1. The first-order valence-electron chi connectivity index (χ1n) is 7.52. The fourth-order valence-corrected chi connectivity index (χ4v) is 2.62. The molecule has 0 atom stereocenters. The van der Waals surface area contributed by atoms with Crippen molar-refractivity contribution in [2.75, 3.05) is 7.11 Å². The van der Waals surface area contributed by atoms with Crippen molar-refractivity contribution in [3.8, 4) is 17.6 Å². The van der Waals surface area contributed by atoms with Crippen molar-refractivity contribution in [1.29, 1.82) is 5.26 Å². The molecule has 0 radical (unpaired) electrons. The maximum absolute atomic E-state index is 13.9. The highest BCUT2D eigenvalue weighted by molar-refractivity contribution is 5.76. The molecule has 0 aliphatic rings. The topological polar surface area (TPSA) is 60.1 Å². The number of aromatic nitrogens is 2. The molecule has 5 nitrogen and oxygen atoms in total. The monoisotopic (exact) mass is 325 g/mol. The van der Waals surface area contributed by atoms with Gasteiger partial charge in [0.25, 0.3) is 0 Å². The molecule has 1 heterocycles. The lowest BCUT2D eigenvalue weighted by atomic mass is 10.2. The van der Waals surface area contributed by atoms with Crippen molar-refractivity contribution >= 4 is 11.0 Å². The molecule has 3 rings (SSSR count). The van der Waals surface area contributed by atoms with Crippen LogP contribution in [0.15, 0.2) is 36.4 Å². The van der Waals surface area contributed by atoms with Gasteiger partial charge in [0.15, 0.2) is 17.3 Å². The number of nitrogens with zero attached hydrogens (tertiary/aromatic N) is 3. The third kappa shape index (κ3) is 2.76. The molecule has 0 aliphatic carbocycles. The molecular formula is C18H16FN3O2. The second-order valence-electron chi connectivity index (χ2n) is 5.15. The minimum absolute atomic E-state index is 0.171. The van der Waals surface area contributed by atoms with Crippen LogP contribution in [-0.2, 0) is 13.2 Å². The highest BCUT2D eigenvalue weighted by Gasteiger charge is 2.14. The number of hydrogen-bond acceptors (Lipinski definition) is 4. The highest BCUT2D eigenvalue weighted by atomic mass is 19.1. The van der Waals surface area contributed by atoms with Gasteiger partial charge < -0.3 is 14.0 Å². The maximum atomic E-state index is 13.9. The molecule has 0 aliphatic heterocycles. The number of imidazole rings is 1. The van der Waals surface area contributed by atoms with E-state index in [2.05, 4.69) is 11.1 Å². The Morgan fingerprint density at radius 3 is 2.79 bits per heavy atom. The minimum atomic E-state index is -0.350. The van der Waals surface area contributed by atoms with Crippen LogP contribution in [0.25, 0.3) is 11.0 Å². The van der Waals surface area contributed by atoms with Gasteiger partial charge in [-0.1, -0.05) is 6.07 Å². The van der Waals surface area contributed by atoms with Crippen LogP contribution in [0.1, 0.15) is 18.3 Å². The van der Waals surface area contributed by atoms with Crippen molar-refractivity contribution < 1.29 is 13.9 Å². The molecule has 24 heavy (non-hydrogen) atoms. The van der Waals surface area contributed by atoms with Crippen LogP contribution in [0.4, 0.5) is 4.39 Å². The summed E-state index contributed by atoms with van der Waals surface area (Å²) in [5, 5.41) is 8.94. The Bertz CT molecular complexity index is 928. The molecule has 1 aromatic heterocycles. The lowest BCUT2D eigenvalue weighted by molar-refractivity contribution is 0.272. The molecule has 0 amide bonds. The van der Waals surface area contributed by atoms with Crippen molar-refractivity contribution in [3.63, 3.8) is 0 Å². The second-order valence-corrected chi connectivity index (χ2v) is 5.15. The zero-order chi connectivity index (χ0) is 17.1. The van der Waals surface area contributed by atoms with Gasteiger partial charge >= 0.3 is 0 Å². The first-order chi connectivity index (χ1) is 11.7. The molecule has 122 valence electrons. The summed E-state index contributed by atoms with van der Waals surface area (Å²) in [4.78, 5) is 4.36. The first-order valence-corrected chi connectivity index (χ1v) is 7.52. The number of fused-ring (bicyclic) bond motifs is 1. The molecule has 0 saturated carbocycles. The molecule has 0 unspecified atom stereocenters. The summed E-state index contributed by atoms with van der Waals surface area (Å²) in [6.45, 7) is 2.80. The van der Waals surface area contributed by atoms with E-state index in [1.165, 1.54) is 13.2 Å². The van der Waals surface area contributed by atoms with E-state index in [4.69, 9.17) is 14.7 Å². The summed E-state index contributed by atoms with van der Waals surface area (Å²) in [6, 6.07) is 11.9. The van der Waals surface area contributed by atoms with Crippen molar-refractivity contribution in [1.82, 2.24) is 9.55 Å². The predicted molar refractivity (Wildman–Crippen MR) is 87.4 cm³/mol. The van der Waals surface area contributed by atoms with Crippen LogP contribution in [0, 0.1) is 17.1 Å². The average Bonchev–Trinajstić information content (AvgIpc) is 2.98. The van der Waals surface area contributed by atoms with Crippen LogP contribution in [-0.4, -0.2) is 16.7 Å². The fourth-order valence-electron chi connectivity index (χ4n) is 2.62. The summed E-state index contributed by atoms with van der Waals surface area (Å²) >= 11 is 0. The SMILES string of the molecule is CCn1c(COc2ccc(C#N)cc2OC)nc2c(F)cccc21. The Kier molecular flexibility index (Phi) is 4.34. The van der Waals surface area contributed by atoms with Gasteiger partial charge in [-0.25, -0.2) is 9.37 Å². The zero-order valence-corrected chi connectivity index (χ0v) is 13.4. The van der Waals surface area contributed by atoms with E-state index in [-0.39, 0.29) is 12.4 Å². The largest absolute Gasteiger partial charge is 0.493 e. The smallest absolute Gasteiger partial charge is 0.162 e. The van der Waals surface area contributed by atoms with Crippen LogP contribution < -0.4 is 9.47 Å². The van der Waals surface area contributed by atoms with Crippen molar-refractivity contribution in [3.05, 3.63) is 53.6 Å². The Labute approximate surface area is 138 Å². The molecule has 0 spiro atoms. The number of para-hydroxylation sites is 1. The van der Waals surface area contributed by atoms with Gasteiger partial charge in [0, 0.05) is 12.6 Å². The second kappa shape index (κ2) is 6.59. The number of halogens is 1. The van der Waals surface area contributed by atoms with Gasteiger partial charge in [0.1, 0.15) is 17.9 Å². The van der Waals surface area contributed by atoms with E-state index in [1.807, 2.05) is 17.6 Å². The van der Waals surface area contributed by atoms with Crippen molar-refractivity contribution in [2.24, 2.45) is 0 Å². The number of aryl methyl sites for hydroxylation is 1. The van der Waals surface area contributed by atoms with Crippen molar-refractivity contribution in [2.45, 2.75) is 20.1 Å². The quantitative estimate of drug-likeness (QED) is 0.718. The lowest BCUT2D eigenvalue weighted by Gasteiger charge is -2.11. The molecule has 2 aromatic carbocycles. The number of methoxy groups -OCH3 is 1. The Morgan fingerprint density at radius 2 is 2.08 bits per heavy atom. The van der Waals surface area contributed by atoms with Gasteiger partial charge in [-0.2, -0.15) is 5.26 Å². The van der Waals surface area contributed by atoms with Crippen LogP contribution >= 0.6 is 0 Å². The van der Waals surface area contributed by atoms with E-state index in [0.717, 1.165) is 5.52 Å². The summed E-state index contributed by atoms with van der Waals surface area (Å²) in [5.41, 5.74) is 1.56. The van der Waals surface area contributed by atoms with E-state index in [9.17, 15) is 4.39 Å². The van der Waals surface area contributed by atoms with Gasteiger partial charge in [-0.15, -0.1) is 0 Å². The van der Waals surface area contributed by atoms with Gasteiger partial charge in [-0.3, -0.25) is 0 Å². The van der Waals surface area contributed by atoms with Crippen LogP contribution in [0.2, 0.25) is 0 Å². The van der Waals surface area contributed by atoms with E-state index in [1.54, 1.807) is 24.3 Å². The molecule has 0 N–H and O–H groups in total. The van der Waals surface area contributed by atoms with Gasteiger partial charge in [0.05, 0.1) is 24.3 Å². The van der Waals surface area contributed by atoms with E-state index in [0.29, 0.717) is 34.9 Å². The third-order valence-electron chi connectivity index (χ3n) is 3.77. The highest BCUT2D eigenvalue weighted by Crippen LogP contribution is 2.29. The van der Waals surface area contributed by atoms with Gasteiger partial charge in [-0.05, 0) is 31.2 Å². The van der Waals surface area contributed by atoms with Crippen LogP contribution in [0.3, 0.4) is 0 Å². The summed E-state index contributed by atoms with van der Waals surface area (Å²) < 4.78 is 26.9. The Hall–Kier alpha value is -3.07. The summed E-state index contributed by atoms with van der Waals surface area (Å²) in [7, 11) is 1.51. The normalized spacial score (nSPS) is 10.6. The molecular weight excluding hydrogens is 309 g/mol. The molecule has 0 fully saturated rings. The minimum Gasteiger partial charge on any atom is -0.493 e. The zero-order valence-electron chi connectivity index (χ0n) is 13.4. The Morgan fingerprint density at radius 1 is 1.25 bits per heavy atom. The fraction of sp³-hybridized carbons (Fsp3) is 0.222. The Balaban J connectivity index is 1.91. The number of rotatable bonds is 5.